The third-order valence-electron chi connectivity index (χ3n) is 5.65. The number of carbonyl (C=O) groups is 2. The van der Waals surface area contributed by atoms with Crippen LogP contribution in [0.1, 0.15) is 54.6 Å². The maximum Gasteiger partial charge on any atom is 0.254 e. The zero-order valence-corrected chi connectivity index (χ0v) is 19.7. The molecule has 7 nitrogen and oxygen atoms in total. The lowest BCUT2D eigenvalue weighted by molar-refractivity contribution is -0.126. The highest BCUT2D eigenvalue weighted by atomic mass is 16.5. The maximum absolute atomic E-state index is 12.8. The first kappa shape index (κ1) is 24.3. The number of benzene rings is 2. The summed E-state index contributed by atoms with van der Waals surface area (Å²) >= 11 is 0. The van der Waals surface area contributed by atoms with Gasteiger partial charge in [0.1, 0.15) is 0 Å². The quantitative estimate of drug-likeness (QED) is 0.458. The zero-order valence-electron chi connectivity index (χ0n) is 19.7. The number of nitrogens with one attached hydrogen (secondary N) is 1. The molecule has 1 heterocycles. The van der Waals surface area contributed by atoms with Crippen LogP contribution in [0.3, 0.4) is 0 Å². The smallest absolute Gasteiger partial charge is 0.254 e. The Labute approximate surface area is 195 Å². The van der Waals surface area contributed by atoms with E-state index >= 15 is 0 Å². The van der Waals surface area contributed by atoms with Gasteiger partial charge in [-0.1, -0.05) is 25.1 Å². The maximum atomic E-state index is 12.8. The van der Waals surface area contributed by atoms with E-state index in [-0.39, 0.29) is 17.7 Å². The van der Waals surface area contributed by atoms with Crippen molar-refractivity contribution in [1.82, 2.24) is 10.3 Å². The highest BCUT2D eigenvalue weighted by Gasteiger charge is 2.28. The molecule has 1 fully saturated rings. The van der Waals surface area contributed by atoms with Gasteiger partial charge in [0.25, 0.3) is 5.91 Å². The summed E-state index contributed by atoms with van der Waals surface area (Å²) in [4.78, 5) is 27.1. The summed E-state index contributed by atoms with van der Waals surface area (Å²) in [5.41, 5.74) is 5.14. The number of nitrogens with zero attached hydrogens (tertiary/aromatic N) is 2. The van der Waals surface area contributed by atoms with E-state index in [1.807, 2.05) is 61.2 Å². The molecule has 0 atom stereocenters. The van der Waals surface area contributed by atoms with E-state index in [0.29, 0.717) is 50.6 Å². The van der Waals surface area contributed by atoms with E-state index in [0.717, 1.165) is 23.1 Å². The third-order valence-corrected chi connectivity index (χ3v) is 5.65. The summed E-state index contributed by atoms with van der Waals surface area (Å²) in [5.74, 6) is 1.11. The normalized spacial score (nSPS) is 14.3. The predicted octanol–water partition coefficient (Wildman–Crippen LogP) is 4.19. The minimum atomic E-state index is -0.160. The fourth-order valence-corrected chi connectivity index (χ4v) is 3.79. The molecule has 1 N–H and O–H groups in total. The largest absolute Gasteiger partial charge is 0.490 e. The molecular weight excluding hydrogens is 418 g/mol. The van der Waals surface area contributed by atoms with Crippen molar-refractivity contribution in [2.24, 2.45) is 11.0 Å². The van der Waals surface area contributed by atoms with Gasteiger partial charge in [-0.05, 0) is 68.5 Å². The Kier molecular flexibility index (Phi) is 8.87. The summed E-state index contributed by atoms with van der Waals surface area (Å²) < 4.78 is 11.4. The lowest BCUT2D eigenvalue weighted by Gasteiger charge is -2.31. The average Bonchev–Trinajstić information content (AvgIpc) is 2.83. The highest BCUT2D eigenvalue weighted by molar-refractivity contribution is 5.95. The van der Waals surface area contributed by atoms with Crippen molar-refractivity contribution in [1.29, 1.82) is 0 Å². The van der Waals surface area contributed by atoms with Crippen LogP contribution in [0, 0.1) is 12.8 Å². The second kappa shape index (κ2) is 12.0. The summed E-state index contributed by atoms with van der Waals surface area (Å²) in [7, 11) is 0. The van der Waals surface area contributed by atoms with Crippen molar-refractivity contribution in [3.05, 3.63) is 59.2 Å². The number of hydrazone groups is 1. The van der Waals surface area contributed by atoms with Gasteiger partial charge in [-0.25, -0.2) is 5.43 Å². The van der Waals surface area contributed by atoms with Crippen LogP contribution in [0.2, 0.25) is 0 Å². The number of aryl methyl sites for hydroxylation is 1. The molecule has 1 aliphatic rings. The predicted molar refractivity (Wildman–Crippen MR) is 129 cm³/mol. The second-order valence-corrected chi connectivity index (χ2v) is 8.10. The molecule has 1 saturated heterocycles. The molecular formula is C26H33N3O4. The second-order valence-electron chi connectivity index (χ2n) is 8.10. The van der Waals surface area contributed by atoms with Gasteiger partial charge < -0.3 is 14.4 Å². The molecule has 0 aliphatic carbocycles. The molecule has 1 aliphatic heterocycles. The molecule has 3 rings (SSSR count). The van der Waals surface area contributed by atoms with Gasteiger partial charge in [-0.2, -0.15) is 5.10 Å². The lowest BCUT2D eigenvalue weighted by Crippen LogP contribution is -2.42. The molecule has 0 aromatic heterocycles. The molecule has 0 radical (unpaired) electrons. The molecule has 0 saturated carbocycles. The Morgan fingerprint density at radius 2 is 1.85 bits per heavy atom. The van der Waals surface area contributed by atoms with Crippen LogP contribution in [0.5, 0.6) is 11.5 Å². The summed E-state index contributed by atoms with van der Waals surface area (Å²) in [6.07, 6.45) is 3.76. The van der Waals surface area contributed by atoms with Gasteiger partial charge in [0, 0.05) is 24.6 Å². The molecule has 2 aromatic carbocycles. The van der Waals surface area contributed by atoms with E-state index in [1.54, 1.807) is 6.21 Å². The molecule has 2 aromatic rings. The van der Waals surface area contributed by atoms with Crippen molar-refractivity contribution in [2.45, 2.75) is 40.0 Å². The number of rotatable bonds is 9. The van der Waals surface area contributed by atoms with Crippen LogP contribution in [0.25, 0.3) is 0 Å². The Morgan fingerprint density at radius 1 is 1.09 bits per heavy atom. The van der Waals surface area contributed by atoms with Gasteiger partial charge in [-0.3, -0.25) is 9.59 Å². The minimum Gasteiger partial charge on any atom is -0.490 e. The van der Waals surface area contributed by atoms with Crippen LogP contribution < -0.4 is 14.9 Å². The number of carbonyl (C=O) groups excluding carboxylic acids is 2. The third kappa shape index (κ3) is 6.57. The summed E-state index contributed by atoms with van der Waals surface area (Å²) in [6.45, 7) is 8.19. The van der Waals surface area contributed by atoms with Crippen molar-refractivity contribution < 1.29 is 19.1 Å². The number of likely N-dealkylation sites (tertiary alicyclic amines) is 1. The minimum absolute atomic E-state index is 0.0291. The molecule has 0 unspecified atom stereocenters. The molecule has 176 valence electrons. The Bertz CT molecular complexity index is 981. The monoisotopic (exact) mass is 451 g/mol. The van der Waals surface area contributed by atoms with Crippen molar-refractivity contribution in [3.63, 3.8) is 0 Å². The van der Waals surface area contributed by atoms with E-state index in [4.69, 9.17) is 9.47 Å². The van der Waals surface area contributed by atoms with Gasteiger partial charge >= 0.3 is 0 Å². The van der Waals surface area contributed by atoms with Crippen LogP contribution in [0.4, 0.5) is 0 Å². The summed E-state index contributed by atoms with van der Waals surface area (Å²) in [6, 6.07) is 13.2. The average molecular weight is 452 g/mol. The van der Waals surface area contributed by atoms with Crippen LogP contribution in [0.15, 0.2) is 47.6 Å². The van der Waals surface area contributed by atoms with Crippen molar-refractivity contribution in [3.8, 4) is 11.5 Å². The van der Waals surface area contributed by atoms with Gasteiger partial charge in [-0.15, -0.1) is 0 Å². The number of hydrogen-bond donors (Lipinski definition) is 1. The number of hydrogen-bond acceptors (Lipinski definition) is 5. The van der Waals surface area contributed by atoms with Crippen molar-refractivity contribution in [2.75, 3.05) is 26.3 Å². The van der Waals surface area contributed by atoms with E-state index in [9.17, 15) is 9.59 Å². The van der Waals surface area contributed by atoms with Gasteiger partial charge in [0.2, 0.25) is 5.91 Å². The van der Waals surface area contributed by atoms with Gasteiger partial charge in [0.15, 0.2) is 11.5 Å². The number of amides is 2. The standard InChI is InChI=1S/C26H33N3O4/c1-4-16-33-23-11-10-20(17-24(23)32-5-2)18-27-28-25(30)21-12-14-29(15-13-21)26(31)22-9-7-6-8-19(22)3/h6-11,17-18,21H,4-5,12-16H2,1-3H3,(H,28,30)/b27-18-. The molecule has 0 spiro atoms. The Balaban J connectivity index is 1.51. The van der Waals surface area contributed by atoms with Gasteiger partial charge in [0.05, 0.1) is 19.4 Å². The first-order valence-corrected chi connectivity index (χ1v) is 11.6. The highest BCUT2D eigenvalue weighted by Crippen LogP contribution is 2.28. The Hall–Kier alpha value is -3.35. The van der Waals surface area contributed by atoms with Crippen LogP contribution in [-0.4, -0.2) is 49.2 Å². The van der Waals surface area contributed by atoms with Crippen LogP contribution >= 0.6 is 0 Å². The molecule has 7 heteroatoms. The molecule has 0 bridgehead atoms. The number of ether oxygens (including phenoxy) is 2. The molecule has 33 heavy (non-hydrogen) atoms. The first-order chi connectivity index (χ1) is 16.0. The lowest BCUT2D eigenvalue weighted by atomic mass is 9.95. The Morgan fingerprint density at radius 3 is 2.55 bits per heavy atom. The zero-order chi connectivity index (χ0) is 23.6. The van der Waals surface area contributed by atoms with Crippen LogP contribution in [-0.2, 0) is 4.79 Å². The number of piperidine rings is 1. The first-order valence-electron chi connectivity index (χ1n) is 11.6. The fourth-order valence-electron chi connectivity index (χ4n) is 3.79. The van der Waals surface area contributed by atoms with E-state index < -0.39 is 0 Å². The van der Waals surface area contributed by atoms with E-state index in [2.05, 4.69) is 17.5 Å². The molecule has 2 amide bonds. The SMILES string of the molecule is CCCOc1ccc(/C=N\NC(=O)C2CCN(C(=O)c3ccccc3C)CC2)cc1OCC. The topological polar surface area (TPSA) is 80.2 Å². The van der Waals surface area contributed by atoms with Crippen molar-refractivity contribution >= 4 is 18.0 Å². The summed E-state index contributed by atoms with van der Waals surface area (Å²) in [5, 5.41) is 4.12. The fraction of sp³-hybridized carbons (Fsp3) is 0.423. The van der Waals surface area contributed by atoms with E-state index in [1.165, 1.54) is 0 Å².